The first-order valence-electron chi connectivity index (χ1n) is 11.7. The smallest absolute Gasteiger partial charge is 0.315 e. The average Bonchev–Trinajstić information content (AvgIpc) is 2.83. The second kappa shape index (κ2) is 13.0. The molecule has 8 nitrogen and oxygen atoms in total. The molecule has 1 aromatic carbocycles. The van der Waals surface area contributed by atoms with Crippen molar-refractivity contribution < 1.29 is 19.0 Å². The zero-order chi connectivity index (χ0) is 23.5. The van der Waals surface area contributed by atoms with Crippen LogP contribution in [0.25, 0.3) is 0 Å². The molecule has 1 aromatic heterocycles. The summed E-state index contributed by atoms with van der Waals surface area (Å²) in [4.78, 5) is 19.1. The highest BCUT2D eigenvalue weighted by Crippen LogP contribution is 2.30. The van der Waals surface area contributed by atoms with Gasteiger partial charge in [0.2, 0.25) is 5.88 Å². The molecule has 2 N–H and O–H groups in total. The van der Waals surface area contributed by atoms with E-state index in [9.17, 15) is 4.79 Å². The maximum absolute atomic E-state index is 12.4. The summed E-state index contributed by atoms with van der Waals surface area (Å²) in [6.45, 7) is 11.3. The van der Waals surface area contributed by atoms with Crippen LogP contribution in [0.5, 0.6) is 17.4 Å². The van der Waals surface area contributed by atoms with Crippen LogP contribution in [0, 0.1) is 5.92 Å². The average molecular weight is 457 g/mol. The van der Waals surface area contributed by atoms with Crippen LogP contribution in [0.4, 0.5) is 4.79 Å². The van der Waals surface area contributed by atoms with Crippen molar-refractivity contribution in [2.24, 2.45) is 5.92 Å². The number of para-hydroxylation sites is 2. The van der Waals surface area contributed by atoms with Crippen LogP contribution in [0.2, 0.25) is 0 Å². The Bertz CT molecular complexity index is 854. The van der Waals surface area contributed by atoms with Gasteiger partial charge >= 0.3 is 6.03 Å². The van der Waals surface area contributed by atoms with Gasteiger partial charge in [-0.05, 0) is 37.0 Å². The number of hydrogen-bond donors (Lipinski definition) is 2. The largest absolute Gasteiger partial charge is 0.490 e. The molecule has 1 atom stereocenters. The highest BCUT2D eigenvalue weighted by Gasteiger charge is 2.22. The molecule has 0 spiro atoms. The molecular weight excluding hydrogens is 420 g/mol. The molecule has 180 valence electrons. The third kappa shape index (κ3) is 8.22. The number of aromatic nitrogens is 1. The number of benzene rings is 1. The molecular formula is C25H36N4O4. The van der Waals surface area contributed by atoms with Crippen LogP contribution in [-0.2, 0) is 11.3 Å². The number of morpholine rings is 1. The Kier molecular flexibility index (Phi) is 9.77. The van der Waals surface area contributed by atoms with Crippen molar-refractivity contribution in [3.05, 3.63) is 48.2 Å². The van der Waals surface area contributed by atoms with Gasteiger partial charge in [-0.1, -0.05) is 32.0 Å². The van der Waals surface area contributed by atoms with E-state index in [1.807, 2.05) is 37.3 Å². The van der Waals surface area contributed by atoms with Crippen molar-refractivity contribution in [3.63, 3.8) is 0 Å². The first-order valence-corrected chi connectivity index (χ1v) is 11.7. The van der Waals surface area contributed by atoms with Crippen molar-refractivity contribution in [1.29, 1.82) is 0 Å². The monoisotopic (exact) mass is 456 g/mol. The molecule has 1 aliphatic rings. The van der Waals surface area contributed by atoms with Crippen LogP contribution in [0.1, 0.15) is 32.8 Å². The van der Waals surface area contributed by atoms with E-state index in [0.29, 0.717) is 49.0 Å². The number of carbonyl (C=O) groups excluding carboxylic acids is 1. The number of nitrogens with zero attached hydrogens (tertiary/aromatic N) is 2. The van der Waals surface area contributed by atoms with Gasteiger partial charge in [0, 0.05) is 44.5 Å². The van der Waals surface area contributed by atoms with Crippen LogP contribution in [0.3, 0.4) is 0 Å². The van der Waals surface area contributed by atoms with E-state index in [2.05, 4.69) is 34.4 Å². The maximum Gasteiger partial charge on any atom is 0.315 e. The molecule has 33 heavy (non-hydrogen) atoms. The van der Waals surface area contributed by atoms with E-state index >= 15 is 0 Å². The highest BCUT2D eigenvalue weighted by atomic mass is 16.5. The first kappa shape index (κ1) is 24.8. The van der Waals surface area contributed by atoms with E-state index in [1.165, 1.54) is 0 Å². The fourth-order valence-corrected chi connectivity index (χ4v) is 3.80. The molecule has 1 fully saturated rings. The Morgan fingerprint density at radius 3 is 2.55 bits per heavy atom. The van der Waals surface area contributed by atoms with Crippen LogP contribution in [-0.4, -0.2) is 61.4 Å². The number of amides is 2. The van der Waals surface area contributed by atoms with Gasteiger partial charge < -0.3 is 24.8 Å². The van der Waals surface area contributed by atoms with Gasteiger partial charge in [0.25, 0.3) is 0 Å². The third-order valence-corrected chi connectivity index (χ3v) is 5.42. The van der Waals surface area contributed by atoms with Gasteiger partial charge in [0.15, 0.2) is 11.5 Å². The molecule has 2 heterocycles. The van der Waals surface area contributed by atoms with Crippen LogP contribution < -0.4 is 20.1 Å². The van der Waals surface area contributed by atoms with Gasteiger partial charge in [-0.25, -0.2) is 9.78 Å². The summed E-state index contributed by atoms with van der Waals surface area (Å²) in [5.41, 5.74) is 0.891. The van der Waals surface area contributed by atoms with Crippen LogP contribution >= 0.6 is 0 Å². The Hall–Kier alpha value is -2.84. The minimum Gasteiger partial charge on any atom is -0.490 e. The first-order chi connectivity index (χ1) is 16.0. The summed E-state index contributed by atoms with van der Waals surface area (Å²) in [5.74, 6) is 2.33. The molecule has 2 amide bonds. The summed E-state index contributed by atoms with van der Waals surface area (Å²) in [7, 11) is 0. The Balaban J connectivity index is 1.46. The topological polar surface area (TPSA) is 85.0 Å². The molecule has 0 aliphatic carbocycles. The second-order valence-corrected chi connectivity index (χ2v) is 8.48. The molecule has 0 radical (unpaired) electrons. The predicted octanol–water partition coefficient (Wildman–Crippen LogP) is 3.82. The van der Waals surface area contributed by atoms with Crippen molar-refractivity contribution in [2.75, 3.05) is 39.5 Å². The molecule has 0 saturated carbocycles. The number of pyridine rings is 1. The second-order valence-electron chi connectivity index (χ2n) is 8.48. The minimum absolute atomic E-state index is 0.178. The Labute approximate surface area is 196 Å². The van der Waals surface area contributed by atoms with E-state index in [0.717, 1.165) is 38.3 Å². The lowest BCUT2D eigenvalue weighted by Crippen LogP contribution is -2.50. The van der Waals surface area contributed by atoms with Gasteiger partial charge in [0.1, 0.15) is 0 Å². The van der Waals surface area contributed by atoms with E-state index in [-0.39, 0.29) is 6.03 Å². The number of rotatable bonds is 11. The molecule has 2 aromatic rings. The molecule has 1 aliphatic heterocycles. The third-order valence-electron chi connectivity index (χ3n) is 5.42. The summed E-state index contributed by atoms with van der Waals surface area (Å²) in [6, 6.07) is 11.3. The quantitative estimate of drug-likeness (QED) is 0.535. The Morgan fingerprint density at radius 1 is 1.12 bits per heavy atom. The van der Waals surface area contributed by atoms with Crippen molar-refractivity contribution in [1.82, 2.24) is 20.5 Å². The number of ether oxygens (including phenoxy) is 3. The van der Waals surface area contributed by atoms with Crippen molar-refractivity contribution in [2.45, 2.75) is 39.8 Å². The fraction of sp³-hybridized carbons (Fsp3) is 0.520. The normalized spacial score (nSPS) is 15.2. The molecule has 1 saturated heterocycles. The molecule has 8 heteroatoms. The highest BCUT2D eigenvalue weighted by molar-refractivity contribution is 5.73. The number of hydrogen-bond acceptors (Lipinski definition) is 6. The number of carbonyl (C=O) groups is 1. The van der Waals surface area contributed by atoms with Crippen molar-refractivity contribution in [3.8, 4) is 17.4 Å². The van der Waals surface area contributed by atoms with Crippen LogP contribution in [0.15, 0.2) is 42.6 Å². The SMILES string of the molecule is CCOc1ccccc1Oc1ccc(CNC(=O)NCC(CC(C)C)N2CCOCC2)cn1. The van der Waals surface area contributed by atoms with Gasteiger partial charge in [-0.15, -0.1) is 0 Å². The summed E-state index contributed by atoms with van der Waals surface area (Å²) in [5, 5.41) is 5.94. The standard InChI is InChI=1S/C25H36N4O4/c1-4-32-22-7-5-6-8-23(22)33-24-10-9-20(16-26-24)17-27-25(30)28-18-21(15-19(2)3)29-11-13-31-14-12-29/h5-10,16,19,21H,4,11-15,17-18H2,1-3H3,(H2,27,28,30). The summed E-state index contributed by atoms with van der Waals surface area (Å²) in [6.07, 6.45) is 2.74. The molecule has 3 rings (SSSR count). The summed E-state index contributed by atoms with van der Waals surface area (Å²) < 4.78 is 16.9. The van der Waals surface area contributed by atoms with E-state index in [1.54, 1.807) is 12.3 Å². The maximum atomic E-state index is 12.4. The van der Waals surface area contributed by atoms with Gasteiger partial charge in [0.05, 0.1) is 19.8 Å². The fourth-order valence-electron chi connectivity index (χ4n) is 3.80. The zero-order valence-electron chi connectivity index (χ0n) is 19.9. The number of nitrogens with one attached hydrogen (secondary N) is 2. The molecule has 0 bridgehead atoms. The van der Waals surface area contributed by atoms with E-state index < -0.39 is 0 Å². The minimum atomic E-state index is -0.178. The zero-order valence-corrected chi connectivity index (χ0v) is 19.9. The van der Waals surface area contributed by atoms with Gasteiger partial charge in [-0.3, -0.25) is 4.90 Å². The lowest BCUT2D eigenvalue weighted by molar-refractivity contribution is 0.0129. The lowest BCUT2D eigenvalue weighted by Gasteiger charge is -2.35. The lowest BCUT2D eigenvalue weighted by atomic mass is 10.0. The van der Waals surface area contributed by atoms with Crippen molar-refractivity contribution >= 4 is 6.03 Å². The van der Waals surface area contributed by atoms with E-state index in [4.69, 9.17) is 14.2 Å². The number of urea groups is 1. The summed E-state index contributed by atoms with van der Waals surface area (Å²) >= 11 is 0. The predicted molar refractivity (Wildman–Crippen MR) is 128 cm³/mol. The molecule has 1 unspecified atom stereocenters. The Morgan fingerprint density at radius 2 is 1.88 bits per heavy atom. The van der Waals surface area contributed by atoms with Gasteiger partial charge in [-0.2, -0.15) is 0 Å².